The molecule has 3 unspecified atom stereocenters. The van der Waals surface area contributed by atoms with Crippen molar-refractivity contribution < 1.29 is 4.74 Å². The van der Waals surface area contributed by atoms with E-state index in [4.69, 9.17) is 4.74 Å². The highest BCUT2D eigenvalue weighted by Crippen LogP contribution is 2.24. The lowest BCUT2D eigenvalue weighted by molar-refractivity contribution is 0.0300. The lowest BCUT2D eigenvalue weighted by Crippen LogP contribution is -2.39. The van der Waals surface area contributed by atoms with Gasteiger partial charge in [0, 0.05) is 6.04 Å². The van der Waals surface area contributed by atoms with Crippen LogP contribution in [-0.2, 0) is 11.2 Å². The summed E-state index contributed by atoms with van der Waals surface area (Å²) in [6.45, 7) is 5.40. The Hall–Kier alpha value is -0.860. The van der Waals surface area contributed by atoms with Gasteiger partial charge in [-0.05, 0) is 51.1 Å². The molecule has 3 atom stereocenters. The second-order valence-corrected chi connectivity index (χ2v) is 5.60. The molecule has 0 saturated carbocycles. The maximum absolute atomic E-state index is 6.02. The fraction of sp³-hybridized carbons (Fsp3) is 0.647. The largest absolute Gasteiger partial charge is 0.374 e. The first kappa shape index (κ1) is 14.5. The Labute approximate surface area is 117 Å². The molecule has 1 heterocycles. The van der Waals surface area contributed by atoms with Gasteiger partial charge in [0.2, 0.25) is 0 Å². The van der Waals surface area contributed by atoms with Crippen LogP contribution in [0, 0.1) is 0 Å². The number of ether oxygens (including phenoxy) is 1. The molecule has 0 spiro atoms. The number of benzene rings is 1. The van der Waals surface area contributed by atoms with Crippen molar-refractivity contribution in [2.75, 3.05) is 6.54 Å². The Kier molecular flexibility index (Phi) is 5.87. The van der Waals surface area contributed by atoms with Crippen LogP contribution in [0.15, 0.2) is 30.3 Å². The first-order valence-corrected chi connectivity index (χ1v) is 7.72. The van der Waals surface area contributed by atoms with E-state index in [0.717, 1.165) is 6.54 Å². The smallest absolute Gasteiger partial charge is 0.0732 e. The number of likely N-dealkylation sites (N-methyl/N-ethyl adjacent to an activating group) is 1. The summed E-state index contributed by atoms with van der Waals surface area (Å²) in [5.74, 6) is 0. The van der Waals surface area contributed by atoms with Crippen molar-refractivity contribution in [3.63, 3.8) is 0 Å². The fourth-order valence-electron chi connectivity index (χ4n) is 2.98. The van der Waals surface area contributed by atoms with Gasteiger partial charge in [-0.2, -0.15) is 0 Å². The zero-order chi connectivity index (χ0) is 13.5. The molecule has 1 N–H and O–H groups in total. The van der Waals surface area contributed by atoms with Crippen LogP contribution >= 0.6 is 0 Å². The predicted octanol–water partition coefficient (Wildman–Crippen LogP) is 3.55. The van der Waals surface area contributed by atoms with E-state index in [0.29, 0.717) is 18.2 Å². The molecule has 19 heavy (non-hydrogen) atoms. The first-order chi connectivity index (χ1) is 9.29. The van der Waals surface area contributed by atoms with E-state index in [9.17, 15) is 0 Å². The van der Waals surface area contributed by atoms with Gasteiger partial charge in [-0.3, -0.25) is 0 Å². The molecule has 0 bridgehead atoms. The molecular weight excluding hydrogens is 234 g/mol. The van der Waals surface area contributed by atoms with Crippen molar-refractivity contribution in [3.05, 3.63) is 35.9 Å². The van der Waals surface area contributed by atoms with Crippen LogP contribution in [0.4, 0.5) is 0 Å². The standard InChI is InChI=1S/C17H27NO/c1-3-18-16(17-13-12-14(2)19-17)11-7-10-15-8-5-4-6-9-15/h4-6,8-9,14,16-18H,3,7,10-13H2,1-2H3. The zero-order valence-electron chi connectivity index (χ0n) is 12.3. The fourth-order valence-corrected chi connectivity index (χ4v) is 2.98. The van der Waals surface area contributed by atoms with Gasteiger partial charge >= 0.3 is 0 Å². The molecule has 1 aromatic carbocycles. The Morgan fingerprint density at radius 3 is 2.68 bits per heavy atom. The molecule has 0 aromatic heterocycles. The minimum absolute atomic E-state index is 0.422. The lowest BCUT2D eigenvalue weighted by atomic mass is 9.99. The summed E-state index contributed by atoms with van der Waals surface area (Å²) in [6, 6.07) is 11.3. The Morgan fingerprint density at radius 1 is 1.26 bits per heavy atom. The van der Waals surface area contributed by atoms with Gasteiger partial charge in [0.05, 0.1) is 12.2 Å². The van der Waals surface area contributed by atoms with E-state index < -0.39 is 0 Å². The first-order valence-electron chi connectivity index (χ1n) is 7.72. The highest BCUT2D eigenvalue weighted by molar-refractivity contribution is 5.14. The molecule has 0 amide bonds. The number of hydrogen-bond donors (Lipinski definition) is 1. The van der Waals surface area contributed by atoms with Crippen molar-refractivity contribution in [2.24, 2.45) is 0 Å². The molecule has 1 aliphatic heterocycles. The highest BCUT2D eigenvalue weighted by atomic mass is 16.5. The molecule has 1 aromatic rings. The van der Waals surface area contributed by atoms with Gasteiger partial charge in [0.1, 0.15) is 0 Å². The molecule has 0 aliphatic carbocycles. The van der Waals surface area contributed by atoms with Crippen LogP contribution in [0.25, 0.3) is 0 Å². The quantitative estimate of drug-likeness (QED) is 0.810. The molecule has 1 fully saturated rings. The Balaban J connectivity index is 1.77. The van der Waals surface area contributed by atoms with Crippen LogP contribution in [0.3, 0.4) is 0 Å². The summed E-state index contributed by atoms with van der Waals surface area (Å²) < 4.78 is 6.02. The summed E-state index contributed by atoms with van der Waals surface area (Å²) in [7, 11) is 0. The molecule has 106 valence electrons. The van der Waals surface area contributed by atoms with E-state index in [1.54, 1.807) is 0 Å². The Morgan fingerprint density at radius 2 is 2.05 bits per heavy atom. The van der Waals surface area contributed by atoms with E-state index >= 15 is 0 Å². The van der Waals surface area contributed by atoms with E-state index in [1.165, 1.54) is 37.7 Å². The summed E-state index contributed by atoms with van der Waals surface area (Å²) in [6.07, 6.45) is 6.90. The summed E-state index contributed by atoms with van der Waals surface area (Å²) >= 11 is 0. The van der Waals surface area contributed by atoms with E-state index in [1.807, 2.05) is 0 Å². The summed E-state index contributed by atoms with van der Waals surface area (Å²) in [5.41, 5.74) is 1.44. The molecule has 2 rings (SSSR count). The summed E-state index contributed by atoms with van der Waals surface area (Å²) in [5, 5.41) is 3.61. The SMILES string of the molecule is CCNC(CCCc1ccccc1)C1CCC(C)O1. The predicted molar refractivity (Wildman–Crippen MR) is 80.4 cm³/mol. The topological polar surface area (TPSA) is 21.3 Å². The van der Waals surface area contributed by atoms with E-state index in [-0.39, 0.29) is 0 Å². The summed E-state index contributed by atoms with van der Waals surface area (Å²) in [4.78, 5) is 0. The van der Waals surface area contributed by atoms with Gasteiger partial charge in [-0.1, -0.05) is 37.3 Å². The third-order valence-electron chi connectivity index (χ3n) is 4.00. The van der Waals surface area contributed by atoms with Crippen molar-refractivity contribution in [1.82, 2.24) is 5.32 Å². The number of hydrogen-bond acceptors (Lipinski definition) is 2. The third kappa shape index (κ3) is 4.63. The molecular formula is C17H27NO. The van der Waals surface area contributed by atoms with Gasteiger partial charge in [0.15, 0.2) is 0 Å². The number of rotatable bonds is 7. The number of aryl methyl sites for hydroxylation is 1. The lowest BCUT2D eigenvalue weighted by Gasteiger charge is -2.24. The minimum atomic E-state index is 0.422. The van der Waals surface area contributed by atoms with Crippen LogP contribution in [0.5, 0.6) is 0 Å². The molecule has 1 aliphatic rings. The van der Waals surface area contributed by atoms with Gasteiger partial charge in [-0.15, -0.1) is 0 Å². The van der Waals surface area contributed by atoms with Gasteiger partial charge in [-0.25, -0.2) is 0 Å². The highest BCUT2D eigenvalue weighted by Gasteiger charge is 2.28. The van der Waals surface area contributed by atoms with Crippen LogP contribution in [0.1, 0.15) is 45.1 Å². The molecule has 0 radical (unpaired) electrons. The third-order valence-corrected chi connectivity index (χ3v) is 4.00. The normalized spacial score (nSPS) is 24.5. The van der Waals surface area contributed by atoms with Crippen LogP contribution in [0.2, 0.25) is 0 Å². The van der Waals surface area contributed by atoms with Crippen LogP contribution in [-0.4, -0.2) is 24.8 Å². The molecule has 2 nitrogen and oxygen atoms in total. The molecule has 2 heteroatoms. The monoisotopic (exact) mass is 261 g/mol. The van der Waals surface area contributed by atoms with Crippen molar-refractivity contribution in [2.45, 2.75) is 64.2 Å². The van der Waals surface area contributed by atoms with Crippen LogP contribution < -0.4 is 5.32 Å². The van der Waals surface area contributed by atoms with E-state index in [2.05, 4.69) is 49.5 Å². The van der Waals surface area contributed by atoms with Crippen molar-refractivity contribution >= 4 is 0 Å². The average Bonchev–Trinajstić information content (AvgIpc) is 2.86. The van der Waals surface area contributed by atoms with Crippen molar-refractivity contribution in [1.29, 1.82) is 0 Å². The van der Waals surface area contributed by atoms with Crippen molar-refractivity contribution in [3.8, 4) is 0 Å². The van der Waals surface area contributed by atoms with Gasteiger partial charge in [0.25, 0.3) is 0 Å². The second kappa shape index (κ2) is 7.66. The Bertz CT molecular complexity index is 352. The number of nitrogens with one attached hydrogen (secondary N) is 1. The minimum Gasteiger partial charge on any atom is -0.374 e. The molecule has 1 saturated heterocycles. The maximum Gasteiger partial charge on any atom is 0.0732 e. The average molecular weight is 261 g/mol. The second-order valence-electron chi connectivity index (χ2n) is 5.60. The van der Waals surface area contributed by atoms with Gasteiger partial charge < -0.3 is 10.1 Å². The zero-order valence-corrected chi connectivity index (χ0v) is 12.3. The maximum atomic E-state index is 6.02.